The predicted octanol–water partition coefficient (Wildman–Crippen LogP) is 4.43. The normalized spacial score (nSPS) is 10.6. The van der Waals surface area contributed by atoms with Gasteiger partial charge in [-0.3, -0.25) is 4.98 Å². The molecule has 1 N–H and O–H groups in total. The van der Waals surface area contributed by atoms with E-state index in [1.54, 1.807) is 13.2 Å². The van der Waals surface area contributed by atoms with Crippen LogP contribution in [0.1, 0.15) is 5.69 Å². The molecule has 1 heterocycles. The molecule has 0 bridgehead atoms. The summed E-state index contributed by atoms with van der Waals surface area (Å²) >= 11 is 0. The van der Waals surface area contributed by atoms with Crippen molar-refractivity contribution in [3.63, 3.8) is 0 Å². The van der Waals surface area contributed by atoms with Crippen molar-refractivity contribution in [3.05, 3.63) is 60.0 Å². The summed E-state index contributed by atoms with van der Waals surface area (Å²) in [6.07, 6.45) is 0. The Bertz CT molecular complexity index is 802. The molecule has 21 heavy (non-hydrogen) atoms. The van der Waals surface area contributed by atoms with Gasteiger partial charge in [-0.1, -0.05) is 12.1 Å². The van der Waals surface area contributed by atoms with E-state index in [1.165, 1.54) is 12.1 Å². The molecule has 0 aliphatic rings. The van der Waals surface area contributed by atoms with E-state index in [-0.39, 0.29) is 5.82 Å². The summed E-state index contributed by atoms with van der Waals surface area (Å²) in [7, 11) is 1.62. The number of pyridine rings is 1. The number of anilines is 2. The molecule has 0 unspecified atom stereocenters. The molecule has 0 atom stereocenters. The van der Waals surface area contributed by atoms with Crippen LogP contribution in [0.2, 0.25) is 0 Å². The van der Waals surface area contributed by atoms with Crippen LogP contribution in [-0.2, 0) is 0 Å². The maximum Gasteiger partial charge on any atom is 0.142 e. The van der Waals surface area contributed by atoms with Gasteiger partial charge in [0.15, 0.2) is 0 Å². The van der Waals surface area contributed by atoms with Crippen molar-refractivity contribution in [2.45, 2.75) is 6.92 Å². The van der Waals surface area contributed by atoms with Crippen molar-refractivity contribution in [2.75, 3.05) is 12.4 Å². The van der Waals surface area contributed by atoms with E-state index < -0.39 is 0 Å². The lowest BCUT2D eigenvalue weighted by Gasteiger charge is -2.13. The summed E-state index contributed by atoms with van der Waals surface area (Å²) < 4.78 is 18.9. The molecule has 0 saturated heterocycles. The van der Waals surface area contributed by atoms with Crippen molar-refractivity contribution in [1.29, 1.82) is 0 Å². The van der Waals surface area contributed by atoms with Crippen molar-refractivity contribution in [2.24, 2.45) is 0 Å². The van der Waals surface area contributed by atoms with E-state index >= 15 is 0 Å². The second-order valence-corrected chi connectivity index (χ2v) is 4.80. The minimum Gasteiger partial charge on any atom is -0.495 e. The van der Waals surface area contributed by atoms with Gasteiger partial charge in [-0.15, -0.1) is 0 Å². The van der Waals surface area contributed by atoms with Crippen molar-refractivity contribution in [3.8, 4) is 5.75 Å². The number of fused-ring (bicyclic) bond motifs is 1. The van der Waals surface area contributed by atoms with Crippen LogP contribution in [0.3, 0.4) is 0 Å². The maximum atomic E-state index is 13.5. The second kappa shape index (κ2) is 5.40. The summed E-state index contributed by atoms with van der Waals surface area (Å²) in [6, 6.07) is 14.1. The van der Waals surface area contributed by atoms with Gasteiger partial charge in [0, 0.05) is 16.8 Å². The number of methoxy groups -OCH3 is 1. The quantitative estimate of drug-likeness (QED) is 0.771. The smallest absolute Gasteiger partial charge is 0.142 e. The number of nitrogens with one attached hydrogen (secondary N) is 1. The predicted molar refractivity (Wildman–Crippen MR) is 82.7 cm³/mol. The number of nitrogens with zero attached hydrogens (tertiary/aromatic N) is 1. The highest BCUT2D eigenvalue weighted by atomic mass is 19.1. The number of aromatic nitrogens is 1. The highest BCUT2D eigenvalue weighted by molar-refractivity contribution is 5.93. The van der Waals surface area contributed by atoms with Gasteiger partial charge in [-0.05, 0) is 43.3 Å². The van der Waals surface area contributed by atoms with E-state index in [9.17, 15) is 4.39 Å². The lowest BCUT2D eigenvalue weighted by Crippen LogP contribution is -1.97. The lowest BCUT2D eigenvalue weighted by atomic mass is 10.1. The van der Waals surface area contributed by atoms with Crippen LogP contribution in [0.15, 0.2) is 48.5 Å². The molecule has 0 aliphatic carbocycles. The van der Waals surface area contributed by atoms with Crippen LogP contribution in [0.4, 0.5) is 15.8 Å². The first-order valence-corrected chi connectivity index (χ1v) is 6.64. The first-order valence-electron chi connectivity index (χ1n) is 6.64. The molecule has 2 aromatic carbocycles. The van der Waals surface area contributed by atoms with E-state index in [2.05, 4.69) is 10.3 Å². The molecule has 0 aliphatic heterocycles. The Kier molecular flexibility index (Phi) is 3.44. The van der Waals surface area contributed by atoms with Crippen LogP contribution >= 0.6 is 0 Å². The highest BCUT2D eigenvalue weighted by Crippen LogP contribution is 2.31. The number of benzene rings is 2. The van der Waals surface area contributed by atoms with Crippen LogP contribution in [0, 0.1) is 12.7 Å². The molecule has 3 nitrogen and oxygen atoms in total. The third-order valence-corrected chi connectivity index (χ3v) is 3.28. The summed E-state index contributed by atoms with van der Waals surface area (Å²) in [5.41, 5.74) is 3.26. The number of para-hydroxylation sites is 2. The fourth-order valence-electron chi connectivity index (χ4n) is 2.33. The fraction of sp³-hybridized carbons (Fsp3) is 0.118. The average molecular weight is 282 g/mol. The molecule has 0 spiro atoms. The average Bonchev–Trinajstić information content (AvgIpc) is 2.48. The Morgan fingerprint density at radius 2 is 1.86 bits per heavy atom. The lowest BCUT2D eigenvalue weighted by molar-refractivity contribution is 0.417. The van der Waals surface area contributed by atoms with E-state index in [0.29, 0.717) is 0 Å². The van der Waals surface area contributed by atoms with Gasteiger partial charge in [0.05, 0.1) is 18.3 Å². The Hall–Kier alpha value is -2.62. The Morgan fingerprint density at radius 1 is 1.05 bits per heavy atom. The van der Waals surface area contributed by atoms with Gasteiger partial charge < -0.3 is 10.1 Å². The summed E-state index contributed by atoms with van der Waals surface area (Å²) in [6.45, 7) is 1.91. The first kappa shape index (κ1) is 13.4. The Balaban J connectivity index is 2.13. The minimum absolute atomic E-state index is 0.281. The molecule has 3 aromatic rings. The van der Waals surface area contributed by atoms with Gasteiger partial charge in [0.25, 0.3) is 0 Å². The maximum absolute atomic E-state index is 13.5. The number of hydrogen-bond acceptors (Lipinski definition) is 3. The topological polar surface area (TPSA) is 34.1 Å². The van der Waals surface area contributed by atoms with Gasteiger partial charge in [0.2, 0.25) is 0 Å². The molecule has 4 heteroatoms. The molecule has 0 saturated carbocycles. The molecule has 0 amide bonds. The SMILES string of the molecule is COc1ccccc1Nc1cc(C)nc2ccc(F)cc12. The van der Waals surface area contributed by atoms with Crippen molar-refractivity contribution in [1.82, 2.24) is 4.98 Å². The second-order valence-electron chi connectivity index (χ2n) is 4.80. The first-order chi connectivity index (χ1) is 10.2. The zero-order valence-electron chi connectivity index (χ0n) is 11.9. The minimum atomic E-state index is -0.281. The molecule has 0 radical (unpaired) electrons. The van der Waals surface area contributed by atoms with E-state index in [1.807, 2.05) is 37.3 Å². The van der Waals surface area contributed by atoms with Gasteiger partial charge >= 0.3 is 0 Å². The van der Waals surface area contributed by atoms with Gasteiger partial charge in [0.1, 0.15) is 11.6 Å². The molecule has 1 aromatic heterocycles. The third-order valence-electron chi connectivity index (χ3n) is 3.28. The third kappa shape index (κ3) is 2.65. The number of rotatable bonds is 3. The van der Waals surface area contributed by atoms with Gasteiger partial charge in [-0.2, -0.15) is 0 Å². The fourth-order valence-corrected chi connectivity index (χ4v) is 2.33. The highest BCUT2D eigenvalue weighted by Gasteiger charge is 2.08. The Morgan fingerprint density at radius 3 is 2.67 bits per heavy atom. The summed E-state index contributed by atoms with van der Waals surface area (Å²) in [5, 5.41) is 4.04. The number of aryl methyl sites for hydroxylation is 1. The van der Waals surface area contributed by atoms with Crippen molar-refractivity contribution < 1.29 is 9.13 Å². The number of ether oxygens (including phenoxy) is 1. The van der Waals surface area contributed by atoms with E-state index in [4.69, 9.17) is 4.74 Å². The standard InChI is InChI=1S/C17H15FN2O/c1-11-9-16(13-10-12(18)7-8-14(13)19-11)20-15-5-3-4-6-17(15)21-2/h3-10H,1-2H3,(H,19,20). The van der Waals surface area contributed by atoms with Crippen LogP contribution in [-0.4, -0.2) is 12.1 Å². The molecule has 3 rings (SSSR count). The van der Waals surface area contributed by atoms with Crippen molar-refractivity contribution >= 4 is 22.3 Å². The molecule has 0 fully saturated rings. The number of halogens is 1. The van der Waals surface area contributed by atoms with Gasteiger partial charge in [-0.25, -0.2) is 4.39 Å². The monoisotopic (exact) mass is 282 g/mol. The zero-order chi connectivity index (χ0) is 14.8. The summed E-state index contributed by atoms with van der Waals surface area (Å²) in [5.74, 6) is 0.452. The molecule has 106 valence electrons. The zero-order valence-corrected chi connectivity index (χ0v) is 11.9. The Labute approximate surface area is 122 Å². The molecular weight excluding hydrogens is 267 g/mol. The largest absolute Gasteiger partial charge is 0.495 e. The van der Waals surface area contributed by atoms with Crippen LogP contribution < -0.4 is 10.1 Å². The van der Waals surface area contributed by atoms with Crippen LogP contribution in [0.5, 0.6) is 5.75 Å². The summed E-state index contributed by atoms with van der Waals surface area (Å²) in [4.78, 5) is 4.42. The van der Waals surface area contributed by atoms with Crippen LogP contribution in [0.25, 0.3) is 10.9 Å². The van der Waals surface area contributed by atoms with E-state index in [0.717, 1.165) is 33.7 Å². The number of hydrogen-bond donors (Lipinski definition) is 1. The molecular formula is C17H15FN2O.